The number of ether oxygens (including phenoxy) is 3. The standard InChI is InChI=1S/C15H24N2O4/c1-19-9-10-21-8-7-16-15(18)17-11-13-5-3-4-6-14(13)12-20-2/h3-6H,7-12H2,1-2H3,(H2,16,17,18). The van der Waals surface area contributed by atoms with Crippen LogP contribution in [-0.2, 0) is 27.4 Å². The molecule has 0 aromatic heterocycles. The molecular formula is C15H24N2O4. The highest BCUT2D eigenvalue weighted by Crippen LogP contribution is 2.09. The number of hydrogen-bond donors (Lipinski definition) is 2. The Morgan fingerprint density at radius 3 is 2.48 bits per heavy atom. The van der Waals surface area contributed by atoms with E-state index in [2.05, 4.69) is 10.6 Å². The monoisotopic (exact) mass is 296 g/mol. The van der Waals surface area contributed by atoms with Gasteiger partial charge in [-0.05, 0) is 11.1 Å². The second-order valence-corrected chi connectivity index (χ2v) is 4.42. The molecule has 0 saturated carbocycles. The number of rotatable bonds is 10. The molecule has 21 heavy (non-hydrogen) atoms. The minimum Gasteiger partial charge on any atom is -0.382 e. The average Bonchev–Trinajstić information content (AvgIpc) is 2.50. The van der Waals surface area contributed by atoms with E-state index in [1.54, 1.807) is 14.2 Å². The smallest absolute Gasteiger partial charge is 0.315 e. The van der Waals surface area contributed by atoms with Crippen LogP contribution in [0.4, 0.5) is 4.79 Å². The van der Waals surface area contributed by atoms with Crippen LogP contribution in [0.5, 0.6) is 0 Å². The second kappa shape index (κ2) is 11.1. The first-order chi connectivity index (χ1) is 10.3. The third-order valence-electron chi connectivity index (χ3n) is 2.82. The quantitative estimate of drug-likeness (QED) is 0.639. The summed E-state index contributed by atoms with van der Waals surface area (Å²) < 4.78 is 15.2. The van der Waals surface area contributed by atoms with Gasteiger partial charge in [0, 0.05) is 27.3 Å². The summed E-state index contributed by atoms with van der Waals surface area (Å²) in [6.07, 6.45) is 0. The summed E-state index contributed by atoms with van der Waals surface area (Å²) in [6.45, 7) is 3.03. The molecule has 0 bridgehead atoms. The van der Waals surface area contributed by atoms with Gasteiger partial charge in [0.25, 0.3) is 0 Å². The molecule has 0 fully saturated rings. The zero-order chi connectivity index (χ0) is 15.3. The maximum atomic E-state index is 11.6. The van der Waals surface area contributed by atoms with Crippen LogP contribution in [0.1, 0.15) is 11.1 Å². The first kappa shape index (κ1) is 17.4. The lowest BCUT2D eigenvalue weighted by Crippen LogP contribution is -2.37. The molecule has 2 amide bonds. The number of amides is 2. The number of carbonyl (C=O) groups excluding carboxylic acids is 1. The van der Waals surface area contributed by atoms with E-state index in [1.165, 1.54) is 0 Å². The molecule has 2 N–H and O–H groups in total. The van der Waals surface area contributed by atoms with Gasteiger partial charge < -0.3 is 24.8 Å². The molecule has 0 spiro atoms. The summed E-state index contributed by atoms with van der Waals surface area (Å²) in [6, 6.07) is 7.65. The zero-order valence-corrected chi connectivity index (χ0v) is 12.7. The molecule has 0 heterocycles. The van der Waals surface area contributed by atoms with Gasteiger partial charge in [0.15, 0.2) is 0 Å². The number of nitrogens with one attached hydrogen (secondary N) is 2. The van der Waals surface area contributed by atoms with Crippen molar-refractivity contribution in [2.45, 2.75) is 13.2 Å². The molecule has 1 aromatic rings. The van der Waals surface area contributed by atoms with Crippen LogP contribution in [0.25, 0.3) is 0 Å². The SMILES string of the molecule is COCCOCCNC(=O)NCc1ccccc1COC. The van der Waals surface area contributed by atoms with Crippen LogP contribution in [-0.4, -0.2) is 46.6 Å². The van der Waals surface area contributed by atoms with Crippen molar-refractivity contribution in [3.05, 3.63) is 35.4 Å². The normalized spacial score (nSPS) is 10.4. The lowest BCUT2D eigenvalue weighted by Gasteiger charge is -2.11. The van der Waals surface area contributed by atoms with Crippen LogP contribution in [0.15, 0.2) is 24.3 Å². The lowest BCUT2D eigenvalue weighted by molar-refractivity contribution is 0.0726. The summed E-state index contributed by atoms with van der Waals surface area (Å²) in [4.78, 5) is 11.6. The zero-order valence-electron chi connectivity index (χ0n) is 12.7. The maximum absolute atomic E-state index is 11.6. The van der Waals surface area contributed by atoms with E-state index >= 15 is 0 Å². The number of carbonyl (C=O) groups is 1. The van der Waals surface area contributed by atoms with Crippen molar-refractivity contribution in [1.29, 1.82) is 0 Å². The van der Waals surface area contributed by atoms with Crippen molar-refractivity contribution in [2.24, 2.45) is 0 Å². The molecule has 0 aliphatic carbocycles. The summed E-state index contributed by atoms with van der Waals surface area (Å²) in [5.41, 5.74) is 2.12. The van der Waals surface area contributed by atoms with Crippen LogP contribution < -0.4 is 10.6 Å². The molecule has 0 saturated heterocycles. The Bertz CT molecular complexity index is 412. The Morgan fingerprint density at radius 2 is 1.76 bits per heavy atom. The molecule has 1 aromatic carbocycles. The minimum absolute atomic E-state index is 0.211. The van der Waals surface area contributed by atoms with E-state index in [0.29, 0.717) is 39.5 Å². The van der Waals surface area contributed by atoms with Crippen molar-refractivity contribution in [3.63, 3.8) is 0 Å². The van der Waals surface area contributed by atoms with Gasteiger partial charge in [-0.15, -0.1) is 0 Å². The lowest BCUT2D eigenvalue weighted by atomic mass is 10.1. The fraction of sp³-hybridized carbons (Fsp3) is 0.533. The molecular weight excluding hydrogens is 272 g/mol. The fourth-order valence-electron chi connectivity index (χ4n) is 1.75. The number of methoxy groups -OCH3 is 2. The van der Waals surface area contributed by atoms with Gasteiger partial charge >= 0.3 is 6.03 Å². The van der Waals surface area contributed by atoms with E-state index in [9.17, 15) is 4.79 Å². The molecule has 118 valence electrons. The average molecular weight is 296 g/mol. The van der Waals surface area contributed by atoms with Crippen molar-refractivity contribution >= 4 is 6.03 Å². The predicted molar refractivity (Wildman–Crippen MR) is 80.1 cm³/mol. The van der Waals surface area contributed by atoms with Crippen LogP contribution in [0.3, 0.4) is 0 Å². The summed E-state index contributed by atoms with van der Waals surface area (Å²) in [5, 5.41) is 5.55. The van der Waals surface area contributed by atoms with Crippen LogP contribution >= 0.6 is 0 Å². The third kappa shape index (κ3) is 7.65. The molecule has 0 unspecified atom stereocenters. The number of urea groups is 1. The van der Waals surface area contributed by atoms with E-state index in [1.807, 2.05) is 24.3 Å². The Labute approximate surface area is 125 Å². The van der Waals surface area contributed by atoms with Gasteiger partial charge in [0.2, 0.25) is 0 Å². The first-order valence-corrected chi connectivity index (χ1v) is 6.92. The van der Waals surface area contributed by atoms with E-state index < -0.39 is 0 Å². The number of hydrogen-bond acceptors (Lipinski definition) is 4. The Morgan fingerprint density at radius 1 is 1.00 bits per heavy atom. The first-order valence-electron chi connectivity index (χ1n) is 6.92. The van der Waals surface area contributed by atoms with Gasteiger partial charge in [0.1, 0.15) is 0 Å². The highest BCUT2D eigenvalue weighted by molar-refractivity contribution is 5.73. The van der Waals surface area contributed by atoms with E-state index in [4.69, 9.17) is 14.2 Å². The Balaban J connectivity index is 2.21. The van der Waals surface area contributed by atoms with Gasteiger partial charge in [-0.3, -0.25) is 0 Å². The van der Waals surface area contributed by atoms with Crippen molar-refractivity contribution < 1.29 is 19.0 Å². The molecule has 0 radical (unpaired) electrons. The summed E-state index contributed by atoms with van der Waals surface area (Å²) in [5.74, 6) is 0. The molecule has 0 aliphatic heterocycles. The Kier molecular flexibility index (Phi) is 9.19. The van der Waals surface area contributed by atoms with E-state index in [-0.39, 0.29) is 6.03 Å². The minimum atomic E-state index is -0.211. The van der Waals surface area contributed by atoms with Crippen molar-refractivity contribution in [3.8, 4) is 0 Å². The highest BCUT2D eigenvalue weighted by atomic mass is 16.5. The molecule has 0 aliphatic rings. The molecule has 6 nitrogen and oxygen atoms in total. The van der Waals surface area contributed by atoms with Gasteiger partial charge in [-0.2, -0.15) is 0 Å². The van der Waals surface area contributed by atoms with Gasteiger partial charge in [-0.1, -0.05) is 24.3 Å². The molecule has 0 atom stereocenters. The van der Waals surface area contributed by atoms with E-state index in [0.717, 1.165) is 11.1 Å². The largest absolute Gasteiger partial charge is 0.382 e. The topological polar surface area (TPSA) is 68.8 Å². The summed E-state index contributed by atoms with van der Waals surface area (Å²) >= 11 is 0. The maximum Gasteiger partial charge on any atom is 0.315 e. The third-order valence-corrected chi connectivity index (χ3v) is 2.82. The Hall–Kier alpha value is -1.63. The van der Waals surface area contributed by atoms with Gasteiger partial charge in [-0.25, -0.2) is 4.79 Å². The predicted octanol–water partition coefficient (Wildman–Crippen LogP) is 1.30. The molecule has 1 rings (SSSR count). The summed E-state index contributed by atoms with van der Waals surface area (Å²) in [7, 11) is 3.27. The number of benzene rings is 1. The molecule has 6 heteroatoms. The van der Waals surface area contributed by atoms with Crippen molar-refractivity contribution in [1.82, 2.24) is 10.6 Å². The van der Waals surface area contributed by atoms with Crippen LogP contribution in [0, 0.1) is 0 Å². The fourth-order valence-corrected chi connectivity index (χ4v) is 1.75. The highest BCUT2D eigenvalue weighted by Gasteiger charge is 2.04. The van der Waals surface area contributed by atoms with Crippen LogP contribution in [0.2, 0.25) is 0 Å². The van der Waals surface area contributed by atoms with Crippen molar-refractivity contribution in [2.75, 3.05) is 40.6 Å². The van der Waals surface area contributed by atoms with Gasteiger partial charge in [0.05, 0.1) is 26.4 Å². The second-order valence-electron chi connectivity index (χ2n) is 4.42.